The average molecular weight is 361 g/mol. The highest BCUT2D eigenvalue weighted by atomic mass is 16.5. The minimum absolute atomic E-state index is 0.000661. The first-order valence-electron chi connectivity index (χ1n) is 9.06. The Balaban J connectivity index is 2.04. The Kier molecular flexibility index (Phi) is 7.12. The van der Waals surface area contributed by atoms with Gasteiger partial charge in [0.2, 0.25) is 5.91 Å². The molecule has 1 N–H and O–H groups in total. The topological polar surface area (TPSA) is 60.4 Å². The number of carbonyl (C=O) groups excluding carboxylic acids is 1. The van der Waals surface area contributed by atoms with Gasteiger partial charge < -0.3 is 24.8 Å². The number of benzene rings is 1. The highest BCUT2D eigenvalue weighted by Gasteiger charge is 2.22. The highest BCUT2D eigenvalue weighted by Crippen LogP contribution is 2.28. The van der Waals surface area contributed by atoms with Crippen LogP contribution in [0.25, 0.3) is 0 Å². The molecule has 144 valence electrons. The molecule has 0 atom stereocenters. The largest absolute Gasteiger partial charge is 0.495 e. The van der Waals surface area contributed by atoms with Crippen LogP contribution in [0.1, 0.15) is 13.8 Å². The lowest BCUT2D eigenvalue weighted by Gasteiger charge is -2.38. The molecular weight excluding hydrogens is 330 g/mol. The van der Waals surface area contributed by atoms with Crippen LogP contribution < -0.4 is 15.0 Å². The fraction of sp³-hybridized carbons (Fsp3) is 0.579. The lowest BCUT2D eigenvalue weighted by molar-refractivity contribution is -0.127. The highest BCUT2D eigenvalue weighted by molar-refractivity contribution is 5.85. The van der Waals surface area contributed by atoms with Crippen molar-refractivity contribution in [2.45, 2.75) is 19.9 Å². The van der Waals surface area contributed by atoms with E-state index in [1.54, 1.807) is 26.1 Å². The van der Waals surface area contributed by atoms with E-state index >= 15 is 0 Å². The number of likely N-dealkylation sites (N-methyl/N-ethyl adjacent to an activating group) is 1. The van der Waals surface area contributed by atoms with Crippen LogP contribution in [0.3, 0.4) is 0 Å². The zero-order valence-corrected chi connectivity index (χ0v) is 16.5. The van der Waals surface area contributed by atoms with Gasteiger partial charge in [0.15, 0.2) is 5.96 Å². The van der Waals surface area contributed by atoms with E-state index in [-0.39, 0.29) is 18.5 Å². The van der Waals surface area contributed by atoms with Crippen molar-refractivity contribution in [2.24, 2.45) is 4.99 Å². The maximum absolute atomic E-state index is 11.9. The molecule has 0 spiro atoms. The van der Waals surface area contributed by atoms with E-state index in [0.717, 1.165) is 43.6 Å². The van der Waals surface area contributed by atoms with Crippen molar-refractivity contribution in [1.29, 1.82) is 0 Å². The number of piperazine rings is 1. The minimum Gasteiger partial charge on any atom is -0.495 e. The van der Waals surface area contributed by atoms with Crippen LogP contribution in [0.15, 0.2) is 29.3 Å². The summed E-state index contributed by atoms with van der Waals surface area (Å²) in [4.78, 5) is 22.5. The fourth-order valence-electron chi connectivity index (χ4n) is 2.83. The van der Waals surface area contributed by atoms with Gasteiger partial charge in [-0.05, 0) is 26.0 Å². The van der Waals surface area contributed by atoms with Gasteiger partial charge in [0, 0.05) is 46.3 Å². The predicted octanol–water partition coefficient (Wildman–Crippen LogP) is 1.26. The molecule has 1 aromatic carbocycles. The van der Waals surface area contributed by atoms with Gasteiger partial charge in [-0.15, -0.1) is 0 Å². The molecule has 1 heterocycles. The molecule has 7 heteroatoms. The molecule has 1 aliphatic rings. The molecule has 1 amide bonds. The third-order valence-corrected chi connectivity index (χ3v) is 4.29. The van der Waals surface area contributed by atoms with Gasteiger partial charge in [-0.25, -0.2) is 4.99 Å². The van der Waals surface area contributed by atoms with Gasteiger partial charge in [-0.2, -0.15) is 0 Å². The molecule has 1 aliphatic heterocycles. The second kappa shape index (κ2) is 9.31. The Morgan fingerprint density at radius 3 is 2.46 bits per heavy atom. The molecule has 1 saturated heterocycles. The number of aliphatic imine (C=N–C) groups is 1. The normalized spacial score (nSPS) is 15.2. The van der Waals surface area contributed by atoms with Crippen molar-refractivity contribution >= 4 is 17.6 Å². The molecule has 0 bridgehead atoms. The van der Waals surface area contributed by atoms with E-state index < -0.39 is 0 Å². The Bertz CT molecular complexity index is 622. The number of nitrogens with one attached hydrogen (secondary N) is 1. The van der Waals surface area contributed by atoms with Crippen LogP contribution in [0.5, 0.6) is 5.75 Å². The van der Waals surface area contributed by atoms with E-state index in [0.29, 0.717) is 0 Å². The first-order chi connectivity index (χ1) is 12.4. The van der Waals surface area contributed by atoms with Crippen molar-refractivity contribution in [3.8, 4) is 5.75 Å². The maximum Gasteiger partial charge on any atom is 0.243 e. The quantitative estimate of drug-likeness (QED) is 0.632. The van der Waals surface area contributed by atoms with Crippen LogP contribution in [-0.4, -0.2) is 81.6 Å². The molecular formula is C19H31N5O2. The first kappa shape index (κ1) is 19.9. The summed E-state index contributed by atoms with van der Waals surface area (Å²) in [6, 6.07) is 8.35. The second-order valence-electron chi connectivity index (χ2n) is 6.87. The first-order valence-corrected chi connectivity index (χ1v) is 9.06. The number of amides is 1. The van der Waals surface area contributed by atoms with Gasteiger partial charge >= 0.3 is 0 Å². The molecule has 2 rings (SSSR count). The van der Waals surface area contributed by atoms with Gasteiger partial charge in [0.1, 0.15) is 12.3 Å². The Morgan fingerprint density at radius 2 is 1.88 bits per heavy atom. The van der Waals surface area contributed by atoms with Crippen molar-refractivity contribution in [3.05, 3.63) is 24.3 Å². The van der Waals surface area contributed by atoms with Crippen molar-refractivity contribution in [2.75, 3.05) is 58.8 Å². The van der Waals surface area contributed by atoms with Gasteiger partial charge in [0.05, 0.1) is 12.8 Å². The molecule has 26 heavy (non-hydrogen) atoms. The fourth-order valence-corrected chi connectivity index (χ4v) is 2.83. The van der Waals surface area contributed by atoms with Crippen molar-refractivity contribution in [1.82, 2.24) is 15.1 Å². The van der Waals surface area contributed by atoms with Crippen LogP contribution >= 0.6 is 0 Å². The zero-order chi connectivity index (χ0) is 19.1. The number of methoxy groups -OCH3 is 1. The summed E-state index contributed by atoms with van der Waals surface area (Å²) in [5.41, 5.74) is 1.12. The number of carbonyl (C=O) groups is 1. The average Bonchev–Trinajstić information content (AvgIpc) is 2.64. The molecule has 7 nitrogen and oxygen atoms in total. The summed E-state index contributed by atoms with van der Waals surface area (Å²) in [5, 5.41) is 3.38. The monoisotopic (exact) mass is 361 g/mol. The van der Waals surface area contributed by atoms with Crippen LogP contribution in [-0.2, 0) is 4.79 Å². The van der Waals surface area contributed by atoms with E-state index in [4.69, 9.17) is 4.74 Å². The number of anilines is 1. The molecule has 0 unspecified atom stereocenters. The Labute approximate surface area is 156 Å². The smallest absolute Gasteiger partial charge is 0.243 e. The van der Waals surface area contributed by atoms with E-state index in [1.165, 1.54) is 0 Å². The number of hydrogen-bond donors (Lipinski definition) is 1. The van der Waals surface area contributed by atoms with E-state index in [9.17, 15) is 4.79 Å². The molecule has 0 radical (unpaired) electrons. The van der Waals surface area contributed by atoms with Gasteiger partial charge in [-0.1, -0.05) is 12.1 Å². The Hall–Kier alpha value is -2.44. The molecule has 1 aromatic rings. The maximum atomic E-state index is 11.9. The second-order valence-corrected chi connectivity index (χ2v) is 6.87. The summed E-state index contributed by atoms with van der Waals surface area (Å²) in [7, 11) is 5.20. The number of para-hydroxylation sites is 2. The number of guanidine groups is 1. The third kappa shape index (κ3) is 5.28. The summed E-state index contributed by atoms with van der Waals surface area (Å²) in [6.07, 6.45) is 0. The predicted molar refractivity (Wildman–Crippen MR) is 106 cm³/mol. The zero-order valence-electron chi connectivity index (χ0n) is 16.5. The number of nitrogens with zero attached hydrogens (tertiary/aromatic N) is 4. The third-order valence-electron chi connectivity index (χ3n) is 4.29. The van der Waals surface area contributed by atoms with Crippen molar-refractivity contribution < 1.29 is 9.53 Å². The van der Waals surface area contributed by atoms with Gasteiger partial charge in [-0.3, -0.25) is 4.79 Å². The lowest BCUT2D eigenvalue weighted by atomic mass is 10.2. The summed E-state index contributed by atoms with van der Waals surface area (Å²) >= 11 is 0. The lowest BCUT2D eigenvalue weighted by Crippen LogP contribution is -2.54. The van der Waals surface area contributed by atoms with E-state index in [1.807, 2.05) is 18.2 Å². The van der Waals surface area contributed by atoms with Crippen LogP contribution in [0, 0.1) is 0 Å². The number of ether oxygens (including phenoxy) is 1. The minimum atomic E-state index is 0.000661. The summed E-state index contributed by atoms with van der Waals surface area (Å²) in [6.45, 7) is 7.75. The summed E-state index contributed by atoms with van der Waals surface area (Å²) in [5.74, 6) is 1.70. The SMILES string of the molecule is COc1ccccc1N1CCN(C(=NCC(=O)N(C)C)NC(C)C)CC1. The summed E-state index contributed by atoms with van der Waals surface area (Å²) < 4.78 is 5.48. The molecule has 0 aliphatic carbocycles. The molecule has 1 fully saturated rings. The van der Waals surface area contributed by atoms with Crippen LogP contribution in [0.4, 0.5) is 5.69 Å². The molecule has 0 aromatic heterocycles. The molecule has 0 saturated carbocycles. The van der Waals surface area contributed by atoms with Crippen LogP contribution in [0.2, 0.25) is 0 Å². The number of rotatable bonds is 5. The van der Waals surface area contributed by atoms with Crippen molar-refractivity contribution in [3.63, 3.8) is 0 Å². The Morgan fingerprint density at radius 1 is 1.23 bits per heavy atom. The number of hydrogen-bond acceptors (Lipinski definition) is 4. The van der Waals surface area contributed by atoms with E-state index in [2.05, 4.69) is 40.0 Å². The standard InChI is InChI=1S/C19H31N5O2/c1-15(2)21-19(20-14-18(25)22(3)4)24-12-10-23(11-13-24)16-8-6-7-9-17(16)26-5/h6-9,15H,10-14H2,1-5H3,(H,20,21). The van der Waals surface area contributed by atoms with Gasteiger partial charge in [0.25, 0.3) is 0 Å².